The average molecular weight is 340 g/mol. The summed E-state index contributed by atoms with van der Waals surface area (Å²) in [7, 11) is 0. The maximum atomic E-state index is 12.5. The van der Waals surface area contributed by atoms with Crippen molar-refractivity contribution in [3.05, 3.63) is 53.1 Å². The number of rotatable bonds is 5. The van der Waals surface area contributed by atoms with Gasteiger partial charge in [0.1, 0.15) is 0 Å². The van der Waals surface area contributed by atoms with Gasteiger partial charge in [-0.2, -0.15) is 0 Å². The summed E-state index contributed by atoms with van der Waals surface area (Å²) >= 11 is 0. The molecule has 0 atom stereocenters. The van der Waals surface area contributed by atoms with Crippen LogP contribution in [0.5, 0.6) is 0 Å². The van der Waals surface area contributed by atoms with Gasteiger partial charge < -0.3 is 14.8 Å². The van der Waals surface area contributed by atoms with Gasteiger partial charge in [0.25, 0.3) is 5.91 Å². The van der Waals surface area contributed by atoms with E-state index in [1.165, 1.54) is 0 Å². The van der Waals surface area contributed by atoms with Gasteiger partial charge in [-0.15, -0.1) is 0 Å². The number of carbonyl (C=O) groups excluding carboxylic acids is 2. The molecule has 0 unspecified atom stereocenters. The Hall–Kier alpha value is -2.63. The number of carbonyl (C=O) groups is 2. The standard InChI is InChI=1S/C19H24N4O2/c1-14-11-17(15(2)23(14)13-16-7-3-4-8-20-16)19(25)21-12-18(24)22-9-5-6-10-22/h3-4,7-8,11H,5-6,9-10,12-13H2,1-2H3,(H,21,25). The Balaban J connectivity index is 1.66. The van der Waals surface area contributed by atoms with E-state index in [2.05, 4.69) is 14.9 Å². The predicted octanol–water partition coefficient (Wildman–Crippen LogP) is 1.90. The summed E-state index contributed by atoms with van der Waals surface area (Å²) in [5.74, 6) is -0.207. The lowest BCUT2D eigenvalue weighted by Crippen LogP contribution is -2.38. The number of hydrogen-bond donors (Lipinski definition) is 1. The molecule has 0 saturated carbocycles. The van der Waals surface area contributed by atoms with Crippen molar-refractivity contribution >= 4 is 11.8 Å². The fourth-order valence-corrected chi connectivity index (χ4v) is 3.26. The molecule has 6 heteroatoms. The summed E-state index contributed by atoms with van der Waals surface area (Å²) in [6.45, 7) is 6.18. The van der Waals surface area contributed by atoms with Crippen molar-refractivity contribution in [2.75, 3.05) is 19.6 Å². The van der Waals surface area contributed by atoms with Crippen LogP contribution in [0.15, 0.2) is 30.5 Å². The topological polar surface area (TPSA) is 67.2 Å². The van der Waals surface area contributed by atoms with E-state index in [1.807, 2.05) is 43.0 Å². The Bertz CT molecular complexity index is 761. The zero-order valence-electron chi connectivity index (χ0n) is 14.8. The van der Waals surface area contributed by atoms with Gasteiger partial charge >= 0.3 is 0 Å². The van der Waals surface area contributed by atoms with E-state index < -0.39 is 0 Å². The predicted molar refractivity (Wildman–Crippen MR) is 95.4 cm³/mol. The average Bonchev–Trinajstić information content (AvgIpc) is 3.25. The first-order valence-electron chi connectivity index (χ1n) is 8.69. The zero-order valence-corrected chi connectivity index (χ0v) is 14.8. The fraction of sp³-hybridized carbons (Fsp3) is 0.421. The van der Waals surface area contributed by atoms with Crippen molar-refractivity contribution in [3.8, 4) is 0 Å². The molecule has 1 N–H and O–H groups in total. The molecular formula is C19H24N4O2. The van der Waals surface area contributed by atoms with Crippen LogP contribution in [0.25, 0.3) is 0 Å². The number of nitrogens with zero attached hydrogens (tertiary/aromatic N) is 3. The molecule has 2 aromatic heterocycles. The zero-order chi connectivity index (χ0) is 17.8. The maximum absolute atomic E-state index is 12.5. The number of pyridine rings is 1. The molecule has 1 aliphatic rings. The van der Waals surface area contributed by atoms with E-state index in [4.69, 9.17) is 0 Å². The number of aryl methyl sites for hydroxylation is 1. The molecule has 3 heterocycles. The van der Waals surface area contributed by atoms with E-state index in [9.17, 15) is 9.59 Å². The van der Waals surface area contributed by atoms with Crippen molar-refractivity contribution in [2.24, 2.45) is 0 Å². The molecule has 1 saturated heterocycles. The molecule has 3 rings (SSSR count). The molecule has 0 aromatic carbocycles. The van der Waals surface area contributed by atoms with Gasteiger partial charge in [-0.05, 0) is 44.9 Å². The van der Waals surface area contributed by atoms with E-state index in [-0.39, 0.29) is 18.4 Å². The number of amides is 2. The molecule has 0 aliphatic carbocycles. The van der Waals surface area contributed by atoms with Crippen LogP contribution >= 0.6 is 0 Å². The Kier molecular flexibility index (Phi) is 5.16. The Morgan fingerprint density at radius 3 is 2.64 bits per heavy atom. The van der Waals surface area contributed by atoms with Crippen LogP contribution in [-0.2, 0) is 11.3 Å². The smallest absolute Gasteiger partial charge is 0.253 e. The number of aromatic nitrogens is 2. The molecule has 1 fully saturated rings. The summed E-state index contributed by atoms with van der Waals surface area (Å²) in [5.41, 5.74) is 3.44. The third-order valence-corrected chi connectivity index (χ3v) is 4.72. The number of likely N-dealkylation sites (tertiary alicyclic amines) is 1. The number of hydrogen-bond acceptors (Lipinski definition) is 3. The van der Waals surface area contributed by atoms with Gasteiger partial charge in [-0.1, -0.05) is 6.07 Å². The monoisotopic (exact) mass is 340 g/mol. The van der Waals surface area contributed by atoms with E-state index in [0.717, 1.165) is 43.0 Å². The fourth-order valence-electron chi connectivity index (χ4n) is 3.26. The summed E-state index contributed by atoms with van der Waals surface area (Å²) in [4.78, 5) is 30.7. The van der Waals surface area contributed by atoms with Gasteiger partial charge in [-0.25, -0.2) is 0 Å². The lowest BCUT2D eigenvalue weighted by molar-refractivity contribution is -0.129. The molecule has 2 aromatic rings. The van der Waals surface area contributed by atoms with Crippen LogP contribution in [0.3, 0.4) is 0 Å². The Labute approximate surface area is 147 Å². The van der Waals surface area contributed by atoms with Gasteiger partial charge in [-0.3, -0.25) is 14.6 Å². The van der Waals surface area contributed by atoms with Crippen molar-refractivity contribution in [1.82, 2.24) is 19.8 Å². The minimum Gasteiger partial charge on any atom is -0.343 e. The van der Waals surface area contributed by atoms with Crippen molar-refractivity contribution < 1.29 is 9.59 Å². The summed E-state index contributed by atoms with van der Waals surface area (Å²) in [6.07, 6.45) is 3.86. The first-order valence-corrected chi connectivity index (χ1v) is 8.69. The molecule has 0 bridgehead atoms. The second kappa shape index (κ2) is 7.51. The largest absolute Gasteiger partial charge is 0.343 e. The van der Waals surface area contributed by atoms with Crippen LogP contribution in [-0.4, -0.2) is 45.9 Å². The minimum atomic E-state index is -0.201. The van der Waals surface area contributed by atoms with Crippen LogP contribution in [0.1, 0.15) is 40.3 Å². The summed E-state index contributed by atoms with van der Waals surface area (Å²) < 4.78 is 2.07. The van der Waals surface area contributed by atoms with Crippen LogP contribution in [0.4, 0.5) is 0 Å². The Morgan fingerprint density at radius 2 is 1.96 bits per heavy atom. The molecule has 25 heavy (non-hydrogen) atoms. The highest BCUT2D eigenvalue weighted by Gasteiger charge is 2.20. The van der Waals surface area contributed by atoms with Crippen LogP contribution in [0, 0.1) is 13.8 Å². The molecule has 0 spiro atoms. The van der Waals surface area contributed by atoms with Crippen molar-refractivity contribution in [1.29, 1.82) is 0 Å². The first-order chi connectivity index (χ1) is 12.1. The third kappa shape index (κ3) is 3.90. The first kappa shape index (κ1) is 17.2. The van der Waals surface area contributed by atoms with E-state index in [0.29, 0.717) is 12.1 Å². The van der Waals surface area contributed by atoms with Crippen LogP contribution < -0.4 is 5.32 Å². The summed E-state index contributed by atoms with van der Waals surface area (Å²) in [6, 6.07) is 7.67. The molecule has 1 aliphatic heterocycles. The maximum Gasteiger partial charge on any atom is 0.253 e. The third-order valence-electron chi connectivity index (χ3n) is 4.72. The van der Waals surface area contributed by atoms with Gasteiger partial charge in [0, 0.05) is 30.7 Å². The minimum absolute atomic E-state index is 0.00635. The Morgan fingerprint density at radius 1 is 1.20 bits per heavy atom. The SMILES string of the molecule is Cc1cc(C(=O)NCC(=O)N2CCCC2)c(C)n1Cc1ccccn1. The quantitative estimate of drug-likeness (QED) is 0.904. The molecular weight excluding hydrogens is 316 g/mol. The summed E-state index contributed by atoms with van der Waals surface area (Å²) in [5, 5.41) is 2.76. The number of nitrogens with one attached hydrogen (secondary N) is 1. The van der Waals surface area contributed by atoms with Crippen molar-refractivity contribution in [2.45, 2.75) is 33.2 Å². The highest BCUT2D eigenvalue weighted by atomic mass is 16.2. The highest BCUT2D eigenvalue weighted by molar-refractivity contribution is 5.97. The second-order valence-electron chi connectivity index (χ2n) is 6.46. The molecule has 2 amide bonds. The highest BCUT2D eigenvalue weighted by Crippen LogP contribution is 2.16. The van der Waals surface area contributed by atoms with E-state index >= 15 is 0 Å². The van der Waals surface area contributed by atoms with Crippen LogP contribution in [0.2, 0.25) is 0 Å². The molecule has 6 nitrogen and oxygen atoms in total. The van der Waals surface area contributed by atoms with Gasteiger partial charge in [0.05, 0.1) is 24.3 Å². The molecule has 0 radical (unpaired) electrons. The molecule has 132 valence electrons. The lowest BCUT2D eigenvalue weighted by Gasteiger charge is -2.15. The van der Waals surface area contributed by atoms with Gasteiger partial charge in [0.2, 0.25) is 5.91 Å². The second-order valence-corrected chi connectivity index (χ2v) is 6.46. The lowest BCUT2D eigenvalue weighted by atomic mass is 10.2. The normalized spacial score (nSPS) is 13.9. The van der Waals surface area contributed by atoms with Gasteiger partial charge in [0.15, 0.2) is 0 Å². The van der Waals surface area contributed by atoms with Crippen molar-refractivity contribution in [3.63, 3.8) is 0 Å². The van der Waals surface area contributed by atoms with E-state index in [1.54, 1.807) is 6.20 Å².